The predicted molar refractivity (Wildman–Crippen MR) is 72.0 cm³/mol. The summed E-state index contributed by atoms with van der Waals surface area (Å²) in [6.45, 7) is 1.33. The molecule has 2 aromatic rings. The van der Waals surface area contributed by atoms with E-state index in [9.17, 15) is 9.18 Å². The molecule has 6 nitrogen and oxygen atoms in total. The Bertz CT molecular complexity index is 617. The lowest BCUT2D eigenvalue weighted by atomic mass is 10.3. The Labute approximate surface area is 121 Å². The van der Waals surface area contributed by atoms with Crippen LogP contribution < -0.4 is 4.74 Å². The fraction of sp³-hybridized carbons (Fsp3) is 0.357. The van der Waals surface area contributed by atoms with Gasteiger partial charge >= 0.3 is 0 Å². The minimum Gasteiger partial charge on any atom is -0.472 e. The Kier molecular flexibility index (Phi) is 3.81. The largest absolute Gasteiger partial charge is 0.472 e. The second kappa shape index (κ2) is 5.90. The smallest absolute Gasteiger partial charge is 0.244 e. The number of aromatic nitrogens is 3. The van der Waals surface area contributed by atoms with Crippen molar-refractivity contribution in [1.82, 2.24) is 19.7 Å². The number of carbonyl (C=O) groups excluding carboxylic acids is 1. The molecule has 2 aromatic heterocycles. The van der Waals surface area contributed by atoms with Crippen molar-refractivity contribution in [2.75, 3.05) is 13.1 Å². The maximum Gasteiger partial charge on any atom is 0.244 e. The molecule has 1 saturated heterocycles. The van der Waals surface area contributed by atoms with Gasteiger partial charge in [0.15, 0.2) is 0 Å². The number of hydrogen-bond donors (Lipinski definition) is 0. The minimum absolute atomic E-state index is 0.00278. The summed E-state index contributed by atoms with van der Waals surface area (Å²) in [4.78, 5) is 17.5. The summed E-state index contributed by atoms with van der Waals surface area (Å²) in [6.07, 6.45) is 3.95. The topological polar surface area (TPSA) is 60.2 Å². The van der Waals surface area contributed by atoms with Gasteiger partial charge in [-0.15, -0.1) is 0 Å². The lowest BCUT2D eigenvalue weighted by molar-refractivity contribution is -0.131. The summed E-state index contributed by atoms with van der Waals surface area (Å²) >= 11 is 0. The van der Waals surface area contributed by atoms with Crippen LogP contribution in [0.15, 0.2) is 36.7 Å². The monoisotopic (exact) mass is 290 g/mol. The maximum absolute atomic E-state index is 13.0. The van der Waals surface area contributed by atoms with Crippen LogP contribution in [0.3, 0.4) is 0 Å². The van der Waals surface area contributed by atoms with Crippen molar-refractivity contribution in [2.24, 2.45) is 0 Å². The molecule has 1 unspecified atom stereocenters. The van der Waals surface area contributed by atoms with Crippen LogP contribution in [0.2, 0.25) is 0 Å². The lowest BCUT2D eigenvalue weighted by Gasteiger charge is -2.17. The summed E-state index contributed by atoms with van der Waals surface area (Å²) in [7, 11) is 0. The SMILES string of the molecule is O=C(Cn1cccn1)N1CCC(Oc2cccc(F)n2)C1. The molecule has 1 fully saturated rings. The third kappa shape index (κ3) is 3.36. The van der Waals surface area contributed by atoms with E-state index in [-0.39, 0.29) is 24.4 Å². The van der Waals surface area contributed by atoms with Gasteiger partial charge in [0.2, 0.25) is 17.7 Å². The van der Waals surface area contributed by atoms with Crippen LogP contribution in [-0.2, 0) is 11.3 Å². The van der Waals surface area contributed by atoms with E-state index < -0.39 is 5.95 Å². The molecule has 21 heavy (non-hydrogen) atoms. The number of rotatable bonds is 4. The standard InChI is InChI=1S/C14H15FN4O2/c15-12-3-1-4-13(17-12)21-11-5-8-18(9-11)14(20)10-19-7-2-6-16-19/h1-4,6-7,11H,5,8-10H2. The maximum atomic E-state index is 13.0. The number of likely N-dealkylation sites (tertiary alicyclic amines) is 1. The van der Waals surface area contributed by atoms with Gasteiger partial charge in [-0.3, -0.25) is 9.48 Å². The Balaban J connectivity index is 1.54. The Morgan fingerprint density at radius 1 is 1.43 bits per heavy atom. The first kappa shape index (κ1) is 13.5. The van der Waals surface area contributed by atoms with Gasteiger partial charge in [0.1, 0.15) is 12.6 Å². The van der Waals surface area contributed by atoms with E-state index in [2.05, 4.69) is 10.1 Å². The quantitative estimate of drug-likeness (QED) is 0.791. The molecule has 0 radical (unpaired) electrons. The molecule has 0 spiro atoms. The Morgan fingerprint density at radius 3 is 3.10 bits per heavy atom. The van der Waals surface area contributed by atoms with Crippen LogP contribution in [0.25, 0.3) is 0 Å². The molecule has 0 aliphatic carbocycles. The van der Waals surface area contributed by atoms with Crippen LogP contribution in [-0.4, -0.2) is 44.8 Å². The lowest BCUT2D eigenvalue weighted by Crippen LogP contribution is -2.33. The molecule has 0 aromatic carbocycles. The minimum atomic E-state index is -0.572. The average Bonchev–Trinajstić information content (AvgIpc) is 3.10. The van der Waals surface area contributed by atoms with Gasteiger partial charge in [0.25, 0.3) is 0 Å². The molecule has 0 N–H and O–H groups in total. The van der Waals surface area contributed by atoms with Gasteiger partial charge in [-0.25, -0.2) is 0 Å². The van der Waals surface area contributed by atoms with E-state index in [1.54, 1.807) is 40.2 Å². The third-order valence-corrected chi connectivity index (χ3v) is 3.33. The second-order valence-electron chi connectivity index (χ2n) is 4.87. The van der Waals surface area contributed by atoms with E-state index in [0.29, 0.717) is 19.5 Å². The van der Waals surface area contributed by atoms with E-state index in [4.69, 9.17) is 4.74 Å². The highest BCUT2D eigenvalue weighted by atomic mass is 19.1. The van der Waals surface area contributed by atoms with Gasteiger partial charge < -0.3 is 9.64 Å². The number of nitrogens with zero attached hydrogens (tertiary/aromatic N) is 4. The molecule has 1 aliphatic heterocycles. The Hall–Kier alpha value is -2.44. The summed E-state index contributed by atoms with van der Waals surface area (Å²) in [5.41, 5.74) is 0. The normalized spacial score (nSPS) is 18.0. The number of carbonyl (C=O) groups is 1. The highest BCUT2D eigenvalue weighted by Gasteiger charge is 2.28. The van der Waals surface area contributed by atoms with Crippen molar-refractivity contribution in [3.8, 4) is 5.88 Å². The number of amides is 1. The molecule has 1 atom stereocenters. The molecular formula is C14H15FN4O2. The van der Waals surface area contributed by atoms with E-state index in [1.807, 2.05) is 0 Å². The predicted octanol–water partition coefficient (Wildman–Crippen LogP) is 1.10. The molecule has 0 saturated carbocycles. The van der Waals surface area contributed by atoms with Crippen molar-refractivity contribution in [1.29, 1.82) is 0 Å². The highest BCUT2D eigenvalue weighted by molar-refractivity contribution is 5.76. The number of pyridine rings is 1. The van der Waals surface area contributed by atoms with Crippen LogP contribution in [0.4, 0.5) is 4.39 Å². The fourth-order valence-electron chi connectivity index (χ4n) is 2.31. The summed E-state index contributed by atoms with van der Waals surface area (Å²) in [6, 6.07) is 6.20. The van der Waals surface area contributed by atoms with Crippen LogP contribution >= 0.6 is 0 Å². The van der Waals surface area contributed by atoms with Gasteiger partial charge in [-0.1, -0.05) is 6.07 Å². The van der Waals surface area contributed by atoms with Gasteiger partial charge in [-0.2, -0.15) is 14.5 Å². The van der Waals surface area contributed by atoms with Crippen molar-refractivity contribution < 1.29 is 13.9 Å². The molecule has 1 amide bonds. The zero-order chi connectivity index (χ0) is 14.7. The zero-order valence-electron chi connectivity index (χ0n) is 11.4. The first-order valence-corrected chi connectivity index (χ1v) is 6.75. The van der Waals surface area contributed by atoms with Crippen molar-refractivity contribution in [2.45, 2.75) is 19.1 Å². The van der Waals surface area contributed by atoms with Crippen LogP contribution in [0.5, 0.6) is 5.88 Å². The van der Waals surface area contributed by atoms with Crippen molar-refractivity contribution in [3.63, 3.8) is 0 Å². The van der Waals surface area contributed by atoms with Gasteiger partial charge in [0, 0.05) is 31.4 Å². The number of halogens is 1. The summed E-state index contributed by atoms with van der Waals surface area (Å²) in [5.74, 6) is -0.324. The zero-order valence-corrected chi connectivity index (χ0v) is 11.4. The molecule has 0 bridgehead atoms. The van der Waals surface area contributed by atoms with Crippen LogP contribution in [0.1, 0.15) is 6.42 Å². The molecule has 3 heterocycles. The first-order valence-electron chi connectivity index (χ1n) is 6.75. The third-order valence-electron chi connectivity index (χ3n) is 3.33. The summed E-state index contributed by atoms with van der Waals surface area (Å²) in [5, 5.41) is 4.01. The van der Waals surface area contributed by atoms with Crippen molar-refractivity contribution >= 4 is 5.91 Å². The van der Waals surface area contributed by atoms with Crippen molar-refractivity contribution in [3.05, 3.63) is 42.6 Å². The van der Waals surface area contributed by atoms with Gasteiger partial charge in [0.05, 0.1) is 6.54 Å². The fourth-order valence-corrected chi connectivity index (χ4v) is 2.31. The molecule has 110 valence electrons. The average molecular weight is 290 g/mol. The summed E-state index contributed by atoms with van der Waals surface area (Å²) < 4.78 is 20.2. The molecule has 1 aliphatic rings. The number of ether oxygens (including phenoxy) is 1. The van der Waals surface area contributed by atoms with Crippen LogP contribution in [0, 0.1) is 5.95 Å². The number of hydrogen-bond acceptors (Lipinski definition) is 4. The van der Waals surface area contributed by atoms with E-state index in [0.717, 1.165) is 0 Å². The second-order valence-corrected chi connectivity index (χ2v) is 4.87. The van der Waals surface area contributed by atoms with E-state index in [1.165, 1.54) is 6.07 Å². The first-order chi connectivity index (χ1) is 10.2. The van der Waals surface area contributed by atoms with Gasteiger partial charge in [-0.05, 0) is 12.1 Å². The molecule has 7 heteroatoms. The Morgan fingerprint density at radius 2 is 2.33 bits per heavy atom. The van der Waals surface area contributed by atoms with E-state index >= 15 is 0 Å². The molecule has 3 rings (SSSR count). The highest BCUT2D eigenvalue weighted by Crippen LogP contribution is 2.17. The molecular weight excluding hydrogens is 275 g/mol.